The number of benzene rings is 1. The molecule has 1 aliphatic carbocycles. The minimum Gasteiger partial charge on any atom is -0.465 e. The molecular weight excluding hydrogens is 365 g/mol. The predicted octanol–water partition coefficient (Wildman–Crippen LogP) is 4.10. The Hall–Kier alpha value is -0.780. The van der Waals surface area contributed by atoms with Crippen LogP contribution in [-0.4, -0.2) is 27.7 Å². The van der Waals surface area contributed by atoms with Crippen molar-refractivity contribution in [2.24, 2.45) is 5.92 Å². The second kappa shape index (κ2) is 4.36. The Balaban J connectivity index is 2.10. The summed E-state index contributed by atoms with van der Waals surface area (Å²) in [5.41, 5.74) is 1.03. The van der Waals surface area contributed by atoms with Crippen molar-refractivity contribution < 1.29 is 9.90 Å². The molecule has 108 valence electrons. The third kappa shape index (κ3) is 1.54. The summed E-state index contributed by atoms with van der Waals surface area (Å²) in [6, 6.07) is 8.74. The van der Waals surface area contributed by atoms with Crippen LogP contribution in [0, 0.1) is 9.49 Å². The topological polar surface area (TPSA) is 40.5 Å². The van der Waals surface area contributed by atoms with Crippen LogP contribution in [0.1, 0.15) is 39.2 Å². The van der Waals surface area contributed by atoms with Crippen LogP contribution >= 0.6 is 22.6 Å². The molecule has 3 nitrogen and oxygen atoms in total. The van der Waals surface area contributed by atoms with Crippen LogP contribution in [0.3, 0.4) is 0 Å². The number of piperidine rings is 1. The molecule has 4 atom stereocenters. The van der Waals surface area contributed by atoms with Gasteiger partial charge < -0.3 is 5.11 Å². The zero-order valence-corrected chi connectivity index (χ0v) is 14.2. The number of rotatable bonds is 2. The van der Waals surface area contributed by atoms with Gasteiger partial charge in [0.25, 0.3) is 0 Å². The number of amides is 1. The van der Waals surface area contributed by atoms with E-state index in [2.05, 4.69) is 67.6 Å². The van der Waals surface area contributed by atoms with Crippen LogP contribution in [0.5, 0.6) is 0 Å². The average Bonchev–Trinajstić information content (AvgIpc) is 3.12. The van der Waals surface area contributed by atoms with Gasteiger partial charge in [0.15, 0.2) is 0 Å². The summed E-state index contributed by atoms with van der Waals surface area (Å²) in [5, 5.41) is 9.62. The maximum atomic E-state index is 11.7. The van der Waals surface area contributed by atoms with Gasteiger partial charge in [-0.25, -0.2) is 4.79 Å². The van der Waals surface area contributed by atoms with Gasteiger partial charge >= 0.3 is 6.09 Å². The summed E-state index contributed by atoms with van der Waals surface area (Å²) < 4.78 is 1.22. The molecule has 0 bridgehead atoms. The molecule has 1 N–H and O–H groups in total. The standard InChI is InChI=1S/C16H20INO2/c1-4-15(3)16(11-5-7-12(17)8-6-11)9-13(16)10(2)18(15)14(19)20/h5-8,10,13H,4,9H2,1-3H3,(H,19,20). The average molecular weight is 385 g/mol. The fourth-order valence-corrected chi connectivity index (χ4v) is 4.95. The highest BCUT2D eigenvalue weighted by Gasteiger charge is 2.75. The van der Waals surface area contributed by atoms with E-state index in [4.69, 9.17) is 0 Å². The lowest BCUT2D eigenvalue weighted by Gasteiger charge is -2.42. The van der Waals surface area contributed by atoms with Gasteiger partial charge in [0.1, 0.15) is 0 Å². The van der Waals surface area contributed by atoms with Gasteiger partial charge in [0.05, 0.1) is 5.54 Å². The highest BCUT2D eigenvalue weighted by atomic mass is 127. The maximum Gasteiger partial charge on any atom is 0.408 e. The van der Waals surface area contributed by atoms with E-state index >= 15 is 0 Å². The van der Waals surface area contributed by atoms with Crippen LogP contribution in [-0.2, 0) is 5.41 Å². The molecule has 2 fully saturated rings. The lowest BCUT2D eigenvalue weighted by Crippen LogP contribution is -2.54. The van der Waals surface area contributed by atoms with Crippen molar-refractivity contribution in [3.05, 3.63) is 33.4 Å². The van der Waals surface area contributed by atoms with E-state index in [-0.39, 0.29) is 17.0 Å². The van der Waals surface area contributed by atoms with Gasteiger partial charge in [0, 0.05) is 15.0 Å². The quantitative estimate of drug-likeness (QED) is 0.779. The minimum absolute atomic E-state index is 0.0178. The number of carbonyl (C=O) groups is 1. The van der Waals surface area contributed by atoms with Crippen molar-refractivity contribution in [2.75, 3.05) is 0 Å². The fourth-order valence-electron chi connectivity index (χ4n) is 4.60. The van der Waals surface area contributed by atoms with Gasteiger partial charge in [-0.15, -0.1) is 0 Å². The number of hydrogen-bond acceptors (Lipinski definition) is 1. The number of carboxylic acid groups (broad SMARTS) is 1. The zero-order valence-electron chi connectivity index (χ0n) is 12.1. The molecular formula is C16H20INO2. The fraction of sp³-hybridized carbons (Fsp3) is 0.562. The number of fused-ring (bicyclic) bond motifs is 1. The third-order valence-corrected chi connectivity index (χ3v) is 6.47. The summed E-state index contributed by atoms with van der Waals surface area (Å²) in [6.45, 7) is 6.30. The Kier molecular flexibility index (Phi) is 3.09. The summed E-state index contributed by atoms with van der Waals surface area (Å²) in [7, 11) is 0. The minimum atomic E-state index is -0.779. The molecule has 4 heteroatoms. The van der Waals surface area contributed by atoms with Gasteiger partial charge in [-0.3, -0.25) is 4.90 Å². The van der Waals surface area contributed by atoms with Crippen molar-refractivity contribution in [2.45, 2.75) is 50.6 Å². The summed E-state index contributed by atoms with van der Waals surface area (Å²) in [6.07, 6.45) is 1.19. The Morgan fingerprint density at radius 3 is 2.55 bits per heavy atom. The van der Waals surface area contributed by atoms with Crippen LogP contribution in [0.15, 0.2) is 24.3 Å². The third-order valence-electron chi connectivity index (χ3n) is 5.75. The van der Waals surface area contributed by atoms with Crippen molar-refractivity contribution in [3.63, 3.8) is 0 Å². The Bertz CT molecular complexity index is 558. The van der Waals surface area contributed by atoms with Crippen molar-refractivity contribution >= 4 is 28.7 Å². The summed E-state index contributed by atoms with van der Waals surface area (Å²) in [4.78, 5) is 13.4. The smallest absolute Gasteiger partial charge is 0.408 e. The first kappa shape index (κ1) is 14.2. The molecule has 1 saturated heterocycles. The lowest BCUT2D eigenvalue weighted by atomic mass is 9.75. The lowest BCUT2D eigenvalue weighted by molar-refractivity contribution is 0.0650. The van der Waals surface area contributed by atoms with Crippen LogP contribution in [0.4, 0.5) is 4.79 Å². The van der Waals surface area contributed by atoms with Crippen LogP contribution in [0.25, 0.3) is 0 Å². The molecule has 0 radical (unpaired) electrons. The number of hydrogen-bond donors (Lipinski definition) is 1. The molecule has 0 aromatic heterocycles. The van der Waals surface area contributed by atoms with Crippen molar-refractivity contribution in [1.82, 2.24) is 4.90 Å². The van der Waals surface area contributed by atoms with E-state index < -0.39 is 6.09 Å². The second-order valence-corrected chi connectivity index (χ2v) is 7.56. The Morgan fingerprint density at radius 1 is 1.45 bits per heavy atom. The Labute approximate surface area is 133 Å². The number of halogens is 1. The highest BCUT2D eigenvalue weighted by molar-refractivity contribution is 14.1. The summed E-state index contributed by atoms with van der Waals surface area (Å²) >= 11 is 2.31. The van der Waals surface area contributed by atoms with Crippen molar-refractivity contribution in [3.8, 4) is 0 Å². The first-order chi connectivity index (χ1) is 9.38. The second-order valence-electron chi connectivity index (χ2n) is 6.31. The molecule has 20 heavy (non-hydrogen) atoms. The van der Waals surface area contributed by atoms with E-state index in [1.165, 1.54) is 9.13 Å². The highest BCUT2D eigenvalue weighted by Crippen LogP contribution is 2.70. The molecule has 1 amide bonds. The molecule has 1 saturated carbocycles. The Morgan fingerprint density at radius 2 is 2.05 bits per heavy atom. The van der Waals surface area contributed by atoms with E-state index in [1.807, 2.05) is 0 Å². The molecule has 3 rings (SSSR count). The monoisotopic (exact) mass is 385 g/mol. The van der Waals surface area contributed by atoms with Crippen molar-refractivity contribution in [1.29, 1.82) is 0 Å². The first-order valence-corrected chi connectivity index (χ1v) is 8.24. The molecule has 1 aromatic carbocycles. The SMILES string of the molecule is CCC1(C)N(C(=O)O)C(C)C2CC21c1ccc(I)cc1. The first-order valence-electron chi connectivity index (χ1n) is 7.17. The van der Waals surface area contributed by atoms with E-state index in [1.54, 1.807) is 4.90 Å². The van der Waals surface area contributed by atoms with E-state index in [0.29, 0.717) is 5.92 Å². The molecule has 4 unspecified atom stereocenters. The molecule has 1 heterocycles. The van der Waals surface area contributed by atoms with Gasteiger partial charge in [-0.05, 0) is 72.9 Å². The van der Waals surface area contributed by atoms with E-state index in [9.17, 15) is 9.90 Å². The molecule has 0 spiro atoms. The predicted molar refractivity (Wildman–Crippen MR) is 87.0 cm³/mol. The molecule has 1 aliphatic heterocycles. The number of likely N-dealkylation sites (tertiary alicyclic amines) is 1. The largest absolute Gasteiger partial charge is 0.465 e. The van der Waals surface area contributed by atoms with Crippen LogP contribution in [0.2, 0.25) is 0 Å². The zero-order chi connectivity index (χ0) is 14.7. The summed E-state index contributed by atoms with van der Waals surface area (Å²) in [5.74, 6) is 0.462. The van der Waals surface area contributed by atoms with Crippen LogP contribution < -0.4 is 0 Å². The van der Waals surface area contributed by atoms with Gasteiger partial charge in [-0.2, -0.15) is 0 Å². The molecule has 2 aliphatic rings. The molecule has 1 aromatic rings. The van der Waals surface area contributed by atoms with Gasteiger partial charge in [-0.1, -0.05) is 19.1 Å². The van der Waals surface area contributed by atoms with E-state index in [0.717, 1.165) is 12.8 Å². The number of nitrogens with zero attached hydrogens (tertiary/aromatic N) is 1. The van der Waals surface area contributed by atoms with Gasteiger partial charge in [0.2, 0.25) is 0 Å². The normalized spacial score (nSPS) is 38.7. The maximum absolute atomic E-state index is 11.7.